The van der Waals surface area contributed by atoms with E-state index >= 15 is 0 Å². The molecule has 0 atom stereocenters. The lowest BCUT2D eigenvalue weighted by Gasteiger charge is -2.02. The average molecular weight is 182 g/mol. The van der Waals surface area contributed by atoms with Crippen molar-refractivity contribution in [2.75, 3.05) is 7.11 Å². The normalized spacial score (nSPS) is 9.38. The first kappa shape index (κ1) is 9.50. The molecule has 0 aliphatic rings. The van der Waals surface area contributed by atoms with E-state index in [2.05, 4.69) is 0 Å². The van der Waals surface area contributed by atoms with Crippen LogP contribution in [0.4, 0.5) is 0 Å². The van der Waals surface area contributed by atoms with Gasteiger partial charge in [-0.2, -0.15) is 0 Å². The van der Waals surface area contributed by atoms with E-state index in [4.69, 9.17) is 9.94 Å². The molecule has 0 aliphatic carbocycles. The average Bonchev–Trinajstić information content (AvgIpc) is 2.18. The van der Waals surface area contributed by atoms with Gasteiger partial charge < -0.3 is 4.74 Å². The molecule has 3 N–H and O–H groups in total. The minimum Gasteiger partial charge on any atom is -0.497 e. The van der Waals surface area contributed by atoms with Crippen molar-refractivity contribution in [1.82, 2.24) is 11.0 Å². The second-order valence-electron chi connectivity index (χ2n) is 2.29. The van der Waals surface area contributed by atoms with E-state index in [1.807, 2.05) is 5.43 Å². The fraction of sp³-hybridized carbons (Fsp3) is 0.125. The van der Waals surface area contributed by atoms with Crippen LogP contribution in [0.15, 0.2) is 24.3 Å². The number of carbonyl (C=O) groups excluding carboxylic acids is 1. The molecule has 5 heteroatoms. The van der Waals surface area contributed by atoms with Gasteiger partial charge in [0.2, 0.25) is 0 Å². The van der Waals surface area contributed by atoms with E-state index in [1.54, 1.807) is 37.0 Å². The van der Waals surface area contributed by atoms with Crippen LogP contribution in [-0.2, 0) is 0 Å². The maximum absolute atomic E-state index is 11.1. The molecule has 0 radical (unpaired) electrons. The number of ether oxygens (including phenoxy) is 1. The predicted molar refractivity (Wildman–Crippen MR) is 45.4 cm³/mol. The number of methoxy groups -OCH3 is 1. The highest BCUT2D eigenvalue weighted by atomic mass is 16.5. The lowest BCUT2D eigenvalue weighted by molar-refractivity contribution is 0.0731. The summed E-state index contributed by atoms with van der Waals surface area (Å²) in [6.45, 7) is 0. The van der Waals surface area contributed by atoms with Crippen molar-refractivity contribution in [1.29, 1.82) is 0 Å². The zero-order valence-electron chi connectivity index (χ0n) is 7.07. The lowest BCUT2D eigenvalue weighted by atomic mass is 10.2. The Labute approximate surface area is 75.3 Å². The van der Waals surface area contributed by atoms with Gasteiger partial charge in [0.15, 0.2) is 0 Å². The highest BCUT2D eigenvalue weighted by Crippen LogP contribution is 2.10. The van der Waals surface area contributed by atoms with Crippen LogP contribution in [0.25, 0.3) is 0 Å². The fourth-order valence-corrected chi connectivity index (χ4v) is 0.865. The molecule has 1 rings (SSSR count). The molecule has 13 heavy (non-hydrogen) atoms. The van der Waals surface area contributed by atoms with Crippen LogP contribution in [0.5, 0.6) is 5.75 Å². The Bertz CT molecular complexity index is 284. The number of amides is 1. The van der Waals surface area contributed by atoms with Gasteiger partial charge in [-0.25, -0.2) is 0 Å². The van der Waals surface area contributed by atoms with Gasteiger partial charge in [0.25, 0.3) is 5.91 Å². The minimum atomic E-state index is -0.412. The molecule has 1 aromatic carbocycles. The molecule has 1 aromatic rings. The lowest BCUT2D eigenvalue weighted by Crippen LogP contribution is -2.34. The highest BCUT2D eigenvalue weighted by molar-refractivity contribution is 5.93. The molecule has 0 spiro atoms. The number of benzene rings is 1. The molecule has 0 bridgehead atoms. The van der Waals surface area contributed by atoms with Gasteiger partial charge in [0, 0.05) is 5.56 Å². The van der Waals surface area contributed by atoms with E-state index in [1.165, 1.54) is 0 Å². The van der Waals surface area contributed by atoms with Crippen LogP contribution in [-0.4, -0.2) is 18.2 Å². The smallest absolute Gasteiger partial charge is 0.267 e. The summed E-state index contributed by atoms with van der Waals surface area (Å²) in [4.78, 5) is 11.1. The molecule has 0 unspecified atom stereocenters. The van der Waals surface area contributed by atoms with Crippen molar-refractivity contribution in [3.63, 3.8) is 0 Å². The minimum absolute atomic E-state index is 0.412. The molecule has 0 aromatic heterocycles. The molecule has 0 aliphatic heterocycles. The number of rotatable bonds is 3. The fourth-order valence-electron chi connectivity index (χ4n) is 0.865. The Morgan fingerprint density at radius 2 is 2.00 bits per heavy atom. The molecule has 1 amide bonds. The van der Waals surface area contributed by atoms with E-state index in [0.29, 0.717) is 11.3 Å². The first-order chi connectivity index (χ1) is 6.27. The number of hydrogen-bond acceptors (Lipinski definition) is 4. The maximum atomic E-state index is 11.1. The van der Waals surface area contributed by atoms with Crippen molar-refractivity contribution in [3.8, 4) is 5.75 Å². The quantitative estimate of drug-likeness (QED) is 0.589. The molecule has 0 saturated heterocycles. The number of nitrogens with one attached hydrogen (secondary N) is 2. The molecule has 0 heterocycles. The summed E-state index contributed by atoms with van der Waals surface area (Å²) < 4.78 is 4.91. The summed E-state index contributed by atoms with van der Waals surface area (Å²) in [6.07, 6.45) is 0. The summed E-state index contributed by atoms with van der Waals surface area (Å²) in [6, 6.07) is 6.50. The van der Waals surface area contributed by atoms with E-state index in [9.17, 15) is 4.79 Å². The van der Waals surface area contributed by atoms with Gasteiger partial charge in [-0.15, -0.1) is 5.59 Å². The van der Waals surface area contributed by atoms with Gasteiger partial charge >= 0.3 is 0 Å². The summed E-state index contributed by atoms with van der Waals surface area (Å²) in [7, 11) is 1.55. The number of hydrogen-bond donors (Lipinski definition) is 3. The van der Waals surface area contributed by atoms with Gasteiger partial charge in [-0.3, -0.25) is 15.4 Å². The molecule has 0 saturated carbocycles. The first-order valence-electron chi connectivity index (χ1n) is 3.61. The predicted octanol–water partition coefficient (Wildman–Crippen LogP) is 0.319. The van der Waals surface area contributed by atoms with Crippen molar-refractivity contribution < 1.29 is 14.7 Å². The van der Waals surface area contributed by atoms with Crippen LogP contribution in [0.1, 0.15) is 10.4 Å². The van der Waals surface area contributed by atoms with E-state index in [0.717, 1.165) is 0 Å². The zero-order valence-corrected chi connectivity index (χ0v) is 7.07. The topological polar surface area (TPSA) is 70.6 Å². The third kappa shape index (κ3) is 2.43. The Morgan fingerprint density at radius 1 is 1.38 bits per heavy atom. The van der Waals surface area contributed by atoms with Crippen LogP contribution in [0.3, 0.4) is 0 Å². The van der Waals surface area contributed by atoms with Crippen molar-refractivity contribution in [2.24, 2.45) is 0 Å². The summed E-state index contributed by atoms with van der Waals surface area (Å²) in [5.41, 5.74) is 4.02. The van der Waals surface area contributed by atoms with Gasteiger partial charge in [-0.05, 0) is 24.3 Å². The van der Waals surface area contributed by atoms with E-state index < -0.39 is 5.91 Å². The molecular weight excluding hydrogens is 172 g/mol. The molecule has 5 nitrogen and oxygen atoms in total. The van der Waals surface area contributed by atoms with Crippen LogP contribution >= 0.6 is 0 Å². The van der Waals surface area contributed by atoms with Crippen molar-refractivity contribution >= 4 is 5.91 Å². The van der Waals surface area contributed by atoms with Crippen molar-refractivity contribution in [3.05, 3.63) is 29.8 Å². The monoisotopic (exact) mass is 182 g/mol. The van der Waals surface area contributed by atoms with Crippen LogP contribution in [0, 0.1) is 0 Å². The van der Waals surface area contributed by atoms with Gasteiger partial charge in [-0.1, -0.05) is 0 Å². The molecular formula is C8H10N2O3. The van der Waals surface area contributed by atoms with Crippen LogP contribution < -0.4 is 15.8 Å². The number of hydrazine groups is 1. The Morgan fingerprint density at radius 3 is 2.46 bits per heavy atom. The second kappa shape index (κ2) is 4.44. The first-order valence-corrected chi connectivity index (χ1v) is 3.61. The SMILES string of the molecule is COc1ccc(C(=O)NNO)cc1. The third-order valence-corrected chi connectivity index (χ3v) is 1.52. The largest absolute Gasteiger partial charge is 0.497 e. The Hall–Kier alpha value is -1.59. The van der Waals surface area contributed by atoms with Gasteiger partial charge in [0.1, 0.15) is 5.75 Å². The van der Waals surface area contributed by atoms with Crippen LogP contribution in [0.2, 0.25) is 0 Å². The highest BCUT2D eigenvalue weighted by Gasteiger charge is 2.03. The maximum Gasteiger partial charge on any atom is 0.267 e. The summed E-state index contributed by atoms with van der Waals surface area (Å²) >= 11 is 0. The Balaban J connectivity index is 2.74. The standard InChI is InChI=1S/C8H10N2O3/c1-13-7-4-2-6(3-5-7)8(11)9-10-12/h2-5,10,12H,1H3,(H,9,11). The summed E-state index contributed by atoms with van der Waals surface area (Å²) in [5.74, 6) is 0.263. The molecule has 0 fully saturated rings. The zero-order chi connectivity index (χ0) is 9.68. The van der Waals surface area contributed by atoms with Gasteiger partial charge in [0.05, 0.1) is 7.11 Å². The van der Waals surface area contributed by atoms with Crippen molar-refractivity contribution in [2.45, 2.75) is 0 Å². The third-order valence-electron chi connectivity index (χ3n) is 1.52. The number of carbonyl (C=O) groups is 1. The van der Waals surface area contributed by atoms with E-state index in [-0.39, 0.29) is 0 Å². The molecule has 70 valence electrons. The second-order valence-corrected chi connectivity index (χ2v) is 2.29. The Kier molecular flexibility index (Phi) is 3.24. The summed E-state index contributed by atoms with van der Waals surface area (Å²) in [5, 5.41) is 8.19.